The van der Waals surface area contributed by atoms with Crippen LogP contribution in [0.3, 0.4) is 0 Å². The van der Waals surface area contributed by atoms with Crippen molar-refractivity contribution >= 4 is 23.0 Å². The van der Waals surface area contributed by atoms with Gasteiger partial charge in [0.2, 0.25) is 0 Å². The van der Waals surface area contributed by atoms with E-state index < -0.39 is 19.3 Å². The molecule has 17 heavy (non-hydrogen) atoms. The number of nitrogens with two attached hydrogens (primary N) is 1. The molecule has 0 fully saturated rings. The smallest absolute Gasteiger partial charge is 0.397 e. The van der Waals surface area contributed by atoms with Crippen LogP contribution in [0.25, 0.3) is 0 Å². The van der Waals surface area contributed by atoms with Crippen molar-refractivity contribution < 1.29 is 18.3 Å². The zero-order valence-electron chi connectivity index (χ0n) is 8.84. The number of hydrogen-bond acceptors (Lipinski definition) is 3. The number of rotatable bonds is 4. The minimum atomic E-state index is -4.39. The highest BCUT2D eigenvalue weighted by Gasteiger charge is 2.32. The number of halogens is 4. The van der Waals surface area contributed by atoms with E-state index in [9.17, 15) is 13.2 Å². The van der Waals surface area contributed by atoms with Gasteiger partial charge in [-0.3, -0.25) is 0 Å². The van der Waals surface area contributed by atoms with Crippen LogP contribution in [-0.4, -0.2) is 31.0 Å². The Morgan fingerprint density at radius 3 is 2.47 bits per heavy atom. The fraction of sp³-hybridized carbons (Fsp3) is 0.400. The third-order valence-electron chi connectivity index (χ3n) is 2.07. The van der Waals surface area contributed by atoms with E-state index in [4.69, 9.17) is 22.4 Å². The summed E-state index contributed by atoms with van der Waals surface area (Å²) in [4.78, 5) is 0.914. The van der Waals surface area contributed by atoms with E-state index in [1.807, 2.05) is 0 Å². The van der Waals surface area contributed by atoms with Crippen LogP contribution in [0.2, 0.25) is 5.02 Å². The number of hydrogen-bond donors (Lipinski definition) is 2. The number of nitrogens with zero attached hydrogens (tertiary/aromatic N) is 1. The van der Waals surface area contributed by atoms with Gasteiger partial charge in [0.15, 0.2) is 0 Å². The summed E-state index contributed by atoms with van der Waals surface area (Å²) in [6, 6.07) is 4.46. The molecule has 0 aliphatic heterocycles. The van der Waals surface area contributed by atoms with Crippen molar-refractivity contribution in [1.82, 2.24) is 0 Å². The Balaban J connectivity index is 3.05. The molecule has 0 saturated heterocycles. The van der Waals surface area contributed by atoms with Gasteiger partial charge in [-0.1, -0.05) is 17.7 Å². The zero-order valence-corrected chi connectivity index (χ0v) is 9.59. The molecule has 0 aromatic heterocycles. The molecular weight excluding hydrogens is 257 g/mol. The fourth-order valence-corrected chi connectivity index (χ4v) is 1.77. The lowest BCUT2D eigenvalue weighted by Crippen LogP contribution is -2.36. The molecule has 0 radical (unpaired) electrons. The number of aliphatic hydroxyl groups is 1. The normalized spacial score (nSPS) is 11.6. The third kappa shape index (κ3) is 3.98. The summed E-state index contributed by atoms with van der Waals surface area (Å²) in [6.45, 7) is -1.81. The molecule has 0 aliphatic rings. The van der Waals surface area contributed by atoms with Crippen LogP contribution >= 0.6 is 11.6 Å². The van der Waals surface area contributed by atoms with Crippen LogP contribution in [0.1, 0.15) is 0 Å². The summed E-state index contributed by atoms with van der Waals surface area (Å²) in [7, 11) is 0. The number of para-hydroxylation sites is 1. The van der Waals surface area contributed by atoms with Gasteiger partial charge in [-0.25, -0.2) is 0 Å². The Bertz CT molecular complexity index is 364. The van der Waals surface area contributed by atoms with Gasteiger partial charge in [-0.2, -0.15) is 13.2 Å². The summed E-state index contributed by atoms with van der Waals surface area (Å²) in [5.41, 5.74) is 5.84. The van der Waals surface area contributed by atoms with Gasteiger partial charge < -0.3 is 15.7 Å². The molecular formula is C10H12ClF3N2O. The van der Waals surface area contributed by atoms with Crippen molar-refractivity contribution in [2.75, 3.05) is 30.3 Å². The topological polar surface area (TPSA) is 49.5 Å². The zero-order chi connectivity index (χ0) is 13.1. The molecule has 1 rings (SSSR count). The Labute approximate surface area is 102 Å². The van der Waals surface area contributed by atoms with Crippen LogP contribution < -0.4 is 10.6 Å². The summed E-state index contributed by atoms with van der Waals surface area (Å²) in [6.07, 6.45) is -4.39. The monoisotopic (exact) mass is 268 g/mol. The number of benzene rings is 1. The number of nitrogen functional groups attached to an aromatic ring is 1. The molecule has 3 N–H and O–H groups in total. The van der Waals surface area contributed by atoms with E-state index in [1.54, 1.807) is 6.07 Å². The Hall–Kier alpha value is -1.14. The molecule has 0 aliphatic carbocycles. The average molecular weight is 269 g/mol. The van der Waals surface area contributed by atoms with E-state index in [0.29, 0.717) is 0 Å². The maximum absolute atomic E-state index is 12.4. The molecule has 0 heterocycles. The van der Waals surface area contributed by atoms with Crippen molar-refractivity contribution in [3.63, 3.8) is 0 Å². The first-order valence-corrected chi connectivity index (χ1v) is 5.19. The largest absolute Gasteiger partial charge is 0.405 e. The SMILES string of the molecule is Nc1cccc(Cl)c1N(CCO)CC(F)(F)F. The lowest BCUT2D eigenvalue weighted by molar-refractivity contribution is -0.119. The summed E-state index contributed by atoms with van der Waals surface area (Å²) < 4.78 is 37.1. The molecule has 1 aromatic carbocycles. The highest BCUT2D eigenvalue weighted by molar-refractivity contribution is 6.34. The molecule has 3 nitrogen and oxygen atoms in total. The van der Waals surface area contributed by atoms with Gasteiger partial charge in [-0.15, -0.1) is 0 Å². The van der Waals surface area contributed by atoms with Crippen molar-refractivity contribution in [2.24, 2.45) is 0 Å². The third-order valence-corrected chi connectivity index (χ3v) is 2.38. The van der Waals surface area contributed by atoms with E-state index in [-0.39, 0.29) is 22.9 Å². The second-order valence-corrected chi connectivity index (χ2v) is 3.85. The van der Waals surface area contributed by atoms with Gasteiger partial charge in [0.25, 0.3) is 0 Å². The lowest BCUT2D eigenvalue weighted by atomic mass is 10.2. The lowest BCUT2D eigenvalue weighted by Gasteiger charge is -2.27. The number of aliphatic hydroxyl groups excluding tert-OH is 1. The van der Waals surface area contributed by atoms with Gasteiger partial charge >= 0.3 is 6.18 Å². The highest BCUT2D eigenvalue weighted by Crippen LogP contribution is 2.33. The van der Waals surface area contributed by atoms with Crippen LogP contribution in [0.15, 0.2) is 18.2 Å². The van der Waals surface area contributed by atoms with Crippen molar-refractivity contribution in [3.8, 4) is 0 Å². The maximum Gasteiger partial charge on any atom is 0.405 e. The first-order valence-electron chi connectivity index (χ1n) is 4.81. The molecule has 7 heteroatoms. The predicted molar refractivity (Wildman–Crippen MR) is 61.2 cm³/mol. The molecule has 0 unspecified atom stereocenters. The summed E-state index contributed by atoms with van der Waals surface area (Å²) >= 11 is 5.82. The van der Waals surface area contributed by atoms with Crippen LogP contribution in [0, 0.1) is 0 Å². The summed E-state index contributed by atoms with van der Waals surface area (Å²) in [5, 5.41) is 8.91. The second-order valence-electron chi connectivity index (χ2n) is 3.44. The molecule has 0 saturated carbocycles. The Morgan fingerprint density at radius 1 is 1.35 bits per heavy atom. The highest BCUT2D eigenvalue weighted by atomic mass is 35.5. The van der Waals surface area contributed by atoms with Crippen LogP contribution in [0.5, 0.6) is 0 Å². The van der Waals surface area contributed by atoms with Gasteiger partial charge in [0.05, 0.1) is 23.0 Å². The molecule has 1 aromatic rings. The van der Waals surface area contributed by atoms with Gasteiger partial charge in [0.1, 0.15) is 6.54 Å². The maximum atomic E-state index is 12.4. The predicted octanol–water partition coefficient (Wildman–Crippen LogP) is 2.28. The van der Waals surface area contributed by atoms with E-state index in [2.05, 4.69) is 0 Å². The number of alkyl halides is 3. The van der Waals surface area contributed by atoms with Crippen LogP contribution in [0.4, 0.5) is 24.5 Å². The molecule has 0 amide bonds. The minimum Gasteiger partial charge on any atom is -0.397 e. The summed E-state index contributed by atoms with van der Waals surface area (Å²) in [5.74, 6) is 0. The Kier molecular flexibility index (Phi) is 4.47. The van der Waals surface area contributed by atoms with Crippen LogP contribution in [-0.2, 0) is 0 Å². The first-order chi connectivity index (χ1) is 7.85. The van der Waals surface area contributed by atoms with Crippen molar-refractivity contribution in [1.29, 1.82) is 0 Å². The van der Waals surface area contributed by atoms with E-state index in [1.165, 1.54) is 12.1 Å². The van der Waals surface area contributed by atoms with E-state index >= 15 is 0 Å². The molecule has 0 bridgehead atoms. The first kappa shape index (κ1) is 13.9. The molecule has 96 valence electrons. The minimum absolute atomic E-state index is 0.0977. The molecule has 0 spiro atoms. The average Bonchev–Trinajstić information content (AvgIpc) is 2.15. The quantitative estimate of drug-likeness (QED) is 0.824. The second kappa shape index (κ2) is 5.46. The Morgan fingerprint density at radius 2 is 2.00 bits per heavy atom. The molecule has 0 atom stereocenters. The van der Waals surface area contributed by atoms with Crippen molar-refractivity contribution in [3.05, 3.63) is 23.2 Å². The standard InChI is InChI=1S/C10H12ClF3N2O/c11-7-2-1-3-8(15)9(7)16(4-5-17)6-10(12,13)14/h1-3,17H,4-6,15H2. The van der Waals surface area contributed by atoms with Crippen molar-refractivity contribution in [2.45, 2.75) is 6.18 Å². The van der Waals surface area contributed by atoms with Gasteiger partial charge in [-0.05, 0) is 12.1 Å². The fourth-order valence-electron chi connectivity index (χ4n) is 1.47. The van der Waals surface area contributed by atoms with Gasteiger partial charge in [0, 0.05) is 6.54 Å². The van der Waals surface area contributed by atoms with E-state index in [0.717, 1.165) is 4.90 Å². The number of anilines is 2.